The number of hydrogen-bond acceptors (Lipinski definition) is 7. The van der Waals surface area contributed by atoms with Crippen LogP contribution in [0.1, 0.15) is 19.3 Å². The van der Waals surface area contributed by atoms with Gasteiger partial charge in [0.15, 0.2) is 5.65 Å². The van der Waals surface area contributed by atoms with Gasteiger partial charge in [0.25, 0.3) is 0 Å². The molecule has 2 aromatic heterocycles. The van der Waals surface area contributed by atoms with Crippen molar-refractivity contribution >= 4 is 22.8 Å². The second kappa shape index (κ2) is 7.13. The molecule has 4 heterocycles. The van der Waals surface area contributed by atoms with Crippen LogP contribution in [0.3, 0.4) is 0 Å². The Labute approximate surface area is 148 Å². The lowest BCUT2D eigenvalue weighted by Gasteiger charge is -2.35. The molecule has 2 aromatic rings. The first-order valence-electron chi connectivity index (χ1n) is 9.29. The highest BCUT2D eigenvalue weighted by Gasteiger charge is 2.23. The summed E-state index contributed by atoms with van der Waals surface area (Å²) in [5.41, 5.74) is 0.906. The van der Waals surface area contributed by atoms with Gasteiger partial charge in [0.1, 0.15) is 5.82 Å². The monoisotopic (exact) mass is 345 g/mol. The Morgan fingerprint density at radius 2 is 1.72 bits per heavy atom. The zero-order valence-electron chi connectivity index (χ0n) is 14.9. The lowest BCUT2D eigenvalue weighted by atomic mass is 10.1. The zero-order valence-corrected chi connectivity index (χ0v) is 14.9. The van der Waals surface area contributed by atoms with Gasteiger partial charge in [-0.25, -0.2) is 0 Å². The Bertz CT molecular complexity index is 717. The number of rotatable bonds is 4. The van der Waals surface area contributed by atoms with Crippen molar-refractivity contribution in [1.29, 1.82) is 0 Å². The highest BCUT2D eigenvalue weighted by molar-refractivity contribution is 5.88. The molecule has 2 aliphatic rings. The van der Waals surface area contributed by atoms with Gasteiger partial charge >= 0.3 is 0 Å². The number of aromatic nitrogens is 4. The number of anilines is 2. The van der Waals surface area contributed by atoms with Crippen LogP contribution in [0, 0.1) is 0 Å². The maximum absolute atomic E-state index is 9.11. The van der Waals surface area contributed by atoms with Crippen molar-refractivity contribution in [3.8, 4) is 0 Å². The number of hydrogen-bond donors (Lipinski definition) is 1. The third-order valence-corrected chi connectivity index (χ3v) is 5.29. The smallest absolute Gasteiger partial charge is 0.229 e. The van der Waals surface area contributed by atoms with Crippen molar-refractivity contribution in [2.45, 2.75) is 19.3 Å². The van der Waals surface area contributed by atoms with Crippen LogP contribution in [0.2, 0.25) is 0 Å². The fraction of sp³-hybridized carbons (Fsp3) is 0.706. The molecule has 2 fully saturated rings. The Hall–Kier alpha value is -1.93. The standard InChI is InChI=1S/C17H27N7O/c1-21-15-14(13-18-21)16(23-5-3-2-4-6-23)20-17(19-15)24-9-7-22(8-10-24)11-12-25/h13,25H,2-12H2,1H3. The predicted molar refractivity (Wildman–Crippen MR) is 98.1 cm³/mol. The summed E-state index contributed by atoms with van der Waals surface area (Å²) in [7, 11) is 1.94. The van der Waals surface area contributed by atoms with E-state index in [-0.39, 0.29) is 6.61 Å². The molecular weight excluding hydrogens is 318 g/mol. The van der Waals surface area contributed by atoms with E-state index in [1.54, 1.807) is 0 Å². The van der Waals surface area contributed by atoms with Crippen molar-refractivity contribution in [2.75, 3.05) is 62.2 Å². The summed E-state index contributed by atoms with van der Waals surface area (Å²) in [5.74, 6) is 1.84. The molecule has 0 bridgehead atoms. The number of piperidine rings is 1. The van der Waals surface area contributed by atoms with Crippen LogP contribution in [0.15, 0.2) is 6.20 Å². The lowest BCUT2D eigenvalue weighted by Crippen LogP contribution is -2.47. The minimum atomic E-state index is 0.219. The molecule has 2 saturated heterocycles. The van der Waals surface area contributed by atoms with E-state index in [0.29, 0.717) is 0 Å². The molecule has 2 aliphatic heterocycles. The van der Waals surface area contributed by atoms with Gasteiger partial charge in [0, 0.05) is 52.9 Å². The van der Waals surface area contributed by atoms with E-state index in [0.717, 1.165) is 68.6 Å². The molecule has 0 atom stereocenters. The Balaban J connectivity index is 1.64. The van der Waals surface area contributed by atoms with E-state index < -0.39 is 0 Å². The number of β-amino-alcohol motifs (C(OH)–C–C–N with tert-alkyl or cyclic N) is 1. The summed E-state index contributed by atoms with van der Waals surface area (Å²) in [6.45, 7) is 6.74. The normalized spacial score (nSPS) is 19.8. The molecule has 136 valence electrons. The minimum absolute atomic E-state index is 0.219. The van der Waals surface area contributed by atoms with Gasteiger partial charge in [-0.3, -0.25) is 9.58 Å². The topological polar surface area (TPSA) is 73.6 Å². The molecular formula is C17H27N7O. The Morgan fingerprint density at radius 3 is 2.44 bits per heavy atom. The van der Waals surface area contributed by atoms with Crippen LogP contribution in [0.5, 0.6) is 0 Å². The number of piperazine rings is 1. The SMILES string of the molecule is Cn1ncc2c(N3CCCCC3)nc(N3CCN(CCO)CC3)nc21. The first kappa shape index (κ1) is 16.5. The van der Waals surface area contributed by atoms with Gasteiger partial charge in [-0.1, -0.05) is 0 Å². The molecule has 0 aromatic carbocycles. The highest BCUT2D eigenvalue weighted by atomic mass is 16.3. The summed E-state index contributed by atoms with van der Waals surface area (Å²) in [6, 6.07) is 0. The average molecular weight is 345 g/mol. The van der Waals surface area contributed by atoms with Crippen LogP contribution in [0.4, 0.5) is 11.8 Å². The van der Waals surface area contributed by atoms with Gasteiger partial charge in [-0.05, 0) is 19.3 Å². The quantitative estimate of drug-likeness (QED) is 0.863. The maximum Gasteiger partial charge on any atom is 0.229 e. The first-order chi connectivity index (χ1) is 12.3. The van der Waals surface area contributed by atoms with Gasteiger partial charge in [-0.15, -0.1) is 0 Å². The summed E-state index contributed by atoms with van der Waals surface area (Å²) in [6.07, 6.45) is 5.64. The van der Waals surface area contributed by atoms with Crippen molar-refractivity contribution in [1.82, 2.24) is 24.6 Å². The molecule has 0 radical (unpaired) electrons. The number of aryl methyl sites for hydroxylation is 1. The fourth-order valence-corrected chi connectivity index (χ4v) is 3.80. The number of fused-ring (bicyclic) bond motifs is 1. The van der Waals surface area contributed by atoms with Crippen molar-refractivity contribution in [3.05, 3.63) is 6.20 Å². The van der Waals surface area contributed by atoms with Crippen molar-refractivity contribution in [2.24, 2.45) is 7.05 Å². The molecule has 8 nitrogen and oxygen atoms in total. The van der Waals surface area contributed by atoms with Crippen LogP contribution < -0.4 is 9.80 Å². The number of aliphatic hydroxyl groups excluding tert-OH is 1. The summed E-state index contributed by atoms with van der Waals surface area (Å²) >= 11 is 0. The lowest BCUT2D eigenvalue weighted by molar-refractivity contribution is 0.188. The number of aliphatic hydroxyl groups is 1. The van der Waals surface area contributed by atoms with E-state index in [1.807, 2.05) is 17.9 Å². The van der Waals surface area contributed by atoms with Crippen LogP contribution in [0.25, 0.3) is 11.0 Å². The van der Waals surface area contributed by atoms with Crippen LogP contribution >= 0.6 is 0 Å². The molecule has 8 heteroatoms. The third kappa shape index (κ3) is 3.28. The van der Waals surface area contributed by atoms with Crippen molar-refractivity contribution < 1.29 is 5.11 Å². The molecule has 1 N–H and O–H groups in total. The summed E-state index contributed by atoms with van der Waals surface area (Å²) in [5, 5.41) is 14.6. The van der Waals surface area contributed by atoms with E-state index in [9.17, 15) is 0 Å². The highest BCUT2D eigenvalue weighted by Crippen LogP contribution is 2.28. The second-order valence-electron chi connectivity index (χ2n) is 6.95. The second-order valence-corrected chi connectivity index (χ2v) is 6.95. The molecule has 25 heavy (non-hydrogen) atoms. The molecule has 0 aliphatic carbocycles. The average Bonchev–Trinajstić information content (AvgIpc) is 3.04. The van der Waals surface area contributed by atoms with Crippen molar-refractivity contribution in [3.63, 3.8) is 0 Å². The van der Waals surface area contributed by atoms with Gasteiger partial charge in [0.05, 0.1) is 18.2 Å². The number of nitrogens with zero attached hydrogens (tertiary/aromatic N) is 7. The molecule has 4 rings (SSSR count). The van der Waals surface area contributed by atoms with Gasteiger partial charge in [0.2, 0.25) is 5.95 Å². The summed E-state index contributed by atoms with van der Waals surface area (Å²) < 4.78 is 1.84. The Kier molecular flexibility index (Phi) is 4.72. The fourth-order valence-electron chi connectivity index (χ4n) is 3.80. The maximum atomic E-state index is 9.11. The minimum Gasteiger partial charge on any atom is -0.395 e. The first-order valence-corrected chi connectivity index (χ1v) is 9.29. The van der Waals surface area contributed by atoms with E-state index >= 15 is 0 Å². The van der Waals surface area contributed by atoms with E-state index in [1.165, 1.54) is 19.3 Å². The largest absolute Gasteiger partial charge is 0.395 e. The van der Waals surface area contributed by atoms with E-state index in [2.05, 4.69) is 19.8 Å². The molecule has 0 spiro atoms. The predicted octanol–water partition coefficient (Wildman–Crippen LogP) is 0.468. The molecule has 0 amide bonds. The zero-order chi connectivity index (χ0) is 17.2. The van der Waals surface area contributed by atoms with E-state index in [4.69, 9.17) is 15.1 Å². The Morgan fingerprint density at radius 1 is 0.960 bits per heavy atom. The van der Waals surface area contributed by atoms with Gasteiger partial charge in [-0.2, -0.15) is 15.1 Å². The van der Waals surface area contributed by atoms with Gasteiger partial charge < -0.3 is 14.9 Å². The third-order valence-electron chi connectivity index (χ3n) is 5.29. The molecule has 0 saturated carbocycles. The molecule has 0 unspecified atom stereocenters. The summed E-state index contributed by atoms with van der Waals surface area (Å²) in [4.78, 5) is 16.7. The van der Waals surface area contributed by atoms with Crippen LogP contribution in [-0.2, 0) is 7.05 Å². The van der Waals surface area contributed by atoms with Crippen LogP contribution in [-0.4, -0.2) is 82.2 Å².